The van der Waals surface area contributed by atoms with E-state index < -0.39 is 0 Å². The van der Waals surface area contributed by atoms with E-state index in [9.17, 15) is 0 Å². The Bertz CT molecular complexity index is 1120. The second kappa shape index (κ2) is 4.78. The Morgan fingerprint density at radius 3 is 1.91 bits per heavy atom. The van der Waals surface area contributed by atoms with Crippen molar-refractivity contribution in [2.24, 2.45) is 0 Å². The molecule has 0 saturated carbocycles. The van der Waals surface area contributed by atoms with E-state index >= 15 is 0 Å². The number of aliphatic hydroxyl groups excluding tert-OH is 1. The van der Waals surface area contributed by atoms with Crippen molar-refractivity contribution in [3.63, 3.8) is 0 Å². The lowest BCUT2D eigenvalue weighted by Gasteiger charge is -2.12. The van der Waals surface area contributed by atoms with Crippen LogP contribution in [0.2, 0.25) is 0 Å². The molecule has 1 heteroatoms. The fourth-order valence-corrected chi connectivity index (χ4v) is 3.17. The highest BCUT2D eigenvalue weighted by Gasteiger charge is 2.11. The topological polar surface area (TPSA) is 20.2 Å². The molecule has 0 aliphatic heterocycles. The van der Waals surface area contributed by atoms with Crippen molar-refractivity contribution < 1.29 is 5.11 Å². The molecule has 4 aromatic carbocycles. The minimum absolute atomic E-state index is 0.136. The van der Waals surface area contributed by atoms with Gasteiger partial charge in [-0.1, -0.05) is 54.2 Å². The zero-order chi connectivity index (χ0) is 15.1. The van der Waals surface area contributed by atoms with Crippen LogP contribution in [0.3, 0.4) is 0 Å². The number of rotatable bonds is 0. The fourth-order valence-electron chi connectivity index (χ4n) is 3.17. The number of hydrogen-bond acceptors (Lipinski definition) is 1. The number of terminal acetylenes is 1. The summed E-state index contributed by atoms with van der Waals surface area (Å²) < 4.78 is 0. The third-order valence-corrected chi connectivity index (χ3v) is 4.12. The van der Waals surface area contributed by atoms with Gasteiger partial charge in [-0.25, -0.2) is 0 Å². The molecule has 0 fully saturated rings. The van der Waals surface area contributed by atoms with Gasteiger partial charge in [0.05, 0.1) is 0 Å². The molecule has 0 aliphatic carbocycles. The lowest BCUT2D eigenvalue weighted by molar-refractivity contribution is 0.350. The van der Waals surface area contributed by atoms with E-state index in [1.807, 2.05) is 12.1 Å². The van der Waals surface area contributed by atoms with Gasteiger partial charge < -0.3 is 5.11 Å². The standard InChI is InChI=1S/C21H12O/c1-2-14-5-7-16-10-12-19-15(4-3-13-22)6-8-17-9-11-18(14)20(16)21(17)19/h1,5-12,22H,13H2. The number of benzene rings is 4. The van der Waals surface area contributed by atoms with Gasteiger partial charge in [0.2, 0.25) is 0 Å². The molecule has 0 spiro atoms. The Labute approximate surface area is 128 Å². The third kappa shape index (κ3) is 1.67. The first-order valence-electron chi connectivity index (χ1n) is 7.10. The van der Waals surface area contributed by atoms with Crippen LogP contribution in [-0.4, -0.2) is 11.7 Å². The average Bonchev–Trinajstić information content (AvgIpc) is 2.58. The zero-order valence-corrected chi connectivity index (χ0v) is 11.9. The van der Waals surface area contributed by atoms with Crippen LogP contribution in [0.5, 0.6) is 0 Å². The first-order valence-corrected chi connectivity index (χ1v) is 7.10. The number of hydrogen-bond donors (Lipinski definition) is 1. The molecule has 4 aromatic rings. The van der Waals surface area contributed by atoms with E-state index in [1.54, 1.807) is 0 Å². The molecule has 102 valence electrons. The van der Waals surface area contributed by atoms with E-state index in [0.717, 1.165) is 21.9 Å². The highest BCUT2D eigenvalue weighted by atomic mass is 16.2. The second-order valence-electron chi connectivity index (χ2n) is 5.25. The quantitative estimate of drug-likeness (QED) is 0.382. The van der Waals surface area contributed by atoms with E-state index in [0.29, 0.717) is 0 Å². The minimum Gasteiger partial charge on any atom is -0.384 e. The minimum atomic E-state index is -0.136. The Morgan fingerprint density at radius 2 is 1.32 bits per heavy atom. The van der Waals surface area contributed by atoms with E-state index in [4.69, 9.17) is 11.5 Å². The summed E-state index contributed by atoms with van der Waals surface area (Å²) in [6.07, 6.45) is 5.64. The van der Waals surface area contributed by atoms with Crippen LogP contribution in [0.1, 0.15) is 11.1 Å². The third-order valence-electron chi connectivity index (χ3n) is 4.12. The lowest BCUT2D eigenvalue weighted by atomic mass is 9.90. The zero-order valence-electron chi connectivity index (χ0n) is 11.9. The summed E-state index contributed by atoms with van der Waals surface area (Å²) in [4.78, 5) is 0. The van der Waals surface area contributed by atoms with Crippen molar-refractivity contribution in [3.05, 3.63) is 59.7 Å². The van der Waals surface area contributed by atoms with Crippen LogP contribution in [0.25, 0.3) is 32.3 Å². The van der Waals surface area contributed by atoms with Crippen molar-refractivity contribution in [2.45, 2.75) is 0 Å². The first kappa shape index (κ1) is 12.7. The van der Waals surface area contributed by atoms with E-state index in [2.05, 4.69) is 54.2 Å². The molecular weight excluding hydrogens is 268 g/mol. The van der Waals surface area contributed by atoms with Crippen LogP contribution in [0, 0.1) is 24.2 Å². The van der Waals surface area contributed by atoms with Crippen molar-refractivity contribution in [3.8, 4) is 24.2 Å². The first-order chi connectivity index (χ1) is 10.8. The van der Waals surface area contributed by atoms with Gasteiger partial charge in [0.25, 0.3) is 0 Å². The van der Waals surface area contributed by atoms with Gasteiger partial charge in [-0.15, -0.1) is 6.42 Å². The fraction of sp³-hybridized carbons (Fsp3) is 0.0476. The molecule has 1 N–H and O–H groups in total. The van der Waals surface area contributed by atoms with Gasteiger partial charge in [-0.3, -0.25) is 0 Å². The molecule has 1 nitrogen and oxygen atoms in total. The normalized spacial score (nSPS) is 10.7. The summed E-state index contributed by atoms with van der Waals surface area (Å²) in [7, 11) is 0. The maximum atomic E-state index is 8.94. The summed E-state index contributed by atoms with van der Waals surface area (Å²) in [6, 6.07) is 16.6. The average molecular weight is 280 g/mol. The maximum absolute atomic E-state index is 8.94. The van der Waals surface area contributed by atoms with Crippen LogP contribution < -0.4 is 0 Å². The molecule has 0 amide bonds. The van der Waals surface area contributed by atoms with Gasteiger partial charge in [0.15, 0.2) is 0 Å². The molecule has 0 atom stereocenters. The van der Waals surface area contributed by atoms with Gasteiger partial charge in [-0.2, -0.15) is 0 Å². The smallest absolute Gasteiger partial charge is 0.104 e. The van der Waals surface area contributed by atoms with Crippen molar-refractivity contribution >= 4 is 32.3 Å². The van der Waals surface area contributed by atoms with Crippen LogP contribution in [0.4, 0.5) is 0 Å². The largest absolute Gasteiger partial charge is 0.384 e. The van der Waals surface area contributed by atoms with Gasteiger partial charge >= 0.3 is 0 Å². The predicted molar refractivity (Wildman–Crippen MR) is 92.0 cm³/mol. The van der Waals surface area contributed by atoms with Crippen LogP contribution >= 0.6 is 0 Å². The SMILES string of the molecule is C#Cc1ccc2ccc3c(C#CCO)ccc4ccc1c2c43. The summed E-state index contributed by atoms with van der Waals surface area (Å²) in [6.45, 7) is -0.136. The maximum Gasteiger partial charge on any atom is 0.104 e. The van der Waals surface area contributed by atoms with Crippen molar-refractivity contribution in [1.29, 1.82) is 0 Å². The summed E-state index contributed by atoms with van der Waals surface area (Å²) in [5, 5.41) is 15.9. The highest BCUT2D eigenvalue weighted by molar-refractivity contribution is 6.24. The molecular formula is C21H12O. The number of aliphatic hydroxyl groups is 1. The molecule has 22 heavy (non-hydrogen) atoms. The molecule has 0 bridgehead atoms. The molecule has 0 heterocycles. The molecule has 0 radical (unpaired) electrons. The summed E-state index contributed by atoms with van der Waals surface area (Å²) >= 11 is 0. The van der Waals surface area contributed by atoms with Gasteiger partial charge in [0.1, 0.15) is 6.61 Å². The van der Waals surface area contributed by atoms with Crippen molar-refractivity contribution in [2.75, 3.05) is 6.61 Å². The van der Waals surface area contributed by atoms with E-state index in [-0.39, 0.29) is 6.61 Å². The van der Waals surface area contributed by atoms with Crippen LogP contribution in [0.15, 0.2) is 48.5 Å². The Morgan fingerprint density at radius 1 is 0.773 bits per heavy atom. The van der Waals surface area contributed by atoms with Gasteiger partial charge in [0, 0.05) is 11.1 Å². The second-order valence-corrected chi connectivity index (χ2v) is 5.25. The Balaban J connectivity index is 2.27. The molecule has 0 saturated heterocycles. The Hall–Kier alpha value is -3.00. The molecule has 0 aromatic heterocycles. The summed E-state index contributed by atoms with van der Waals surface area (Å²) in [5.41, 5.74) is 1.84. The Kier molecular flexibility index (Phi) is 2.76. The van der Waals surface area contributed by atoms with Gasteiger partial charge in [-0.05, 0) is 44.5 Å². The molecule has 0 unspecified atom stereocenters. The van der Waals surface area contributed by atoms with E-state index in [1.165, 1.54) is 21.5 Å². The van der Waals surface area contributed by atoms with Crippen molar-refractivity contribution in [1.82, 2.24) is 0 Å². The monoisotopic (exact) mass is 280 g/mol. The van der Waals surface area contributed by atoms with Crippen LogP contribution in [-0.2, 0) is 0 Å². The summed E-state index contributed by atoms with van der Waals surface area (Å²) in [5.74, 6) is 8.54. The highest BCUT2D eigenvalue weighted by Crippen LogP contribution is 2.36. The predicted octanol–water partition coefficient (Wildman–Crippen LogP) is 3.91. The molecule has 0 aliphatic rings. The lowest BCUT2D eigenvalue weighted by Crippen LogP contribution is -1.89. The molecule has 4 rings (SSSR count).